The fourth-order valence-electron chi connectivity index (χ4n) is 5.77. The van der Waals surface area contributed by atoms with Gasteiger partial charge in [-0.2, -0.15) is 0 Å². The van der Waals surface area contributed by atoms with Gasteiger partial charge in [-0.1, -0.05) is 124 Å². The lowest BCUT2D eigenvalue weighted by Gasteiger charge is -2.43. The quantitative estimate of drug-likeness (QED) is 0.282. The molecule has 39 heavy (non-hydrogen) atoms. The molecule has 0 radical (unpaired) electrons. The first kappa shape index (κ1) is 27.2. The van der Waals surface area contributed by atoms with Crippen LogP contribution in [0.4, 0.5) is 0 Å². The SMILES string of the molecule is C=C(CO[Si](c1ccccc1)(c1ccccc1)C(C)(C)C)C1=CCC(c2ccc(O)c3ccccc23)OB1O. The number of rotatable bonds is 7. The third-order valence-corrected chi connectivity index (χ3v) is 12.7. The van der Waals surface area contributed by atoms with Crippen LogP contribution < -0.4 is 10.4 Å². The van der Waals surface area contributed by atoms with E-state index in [1.165, 1.54) is 10.4 Å². The number of fused-ring (bicyclic) bond motifs is 1. The average molecular weight is 535 g/mol. The van der Waals surface area contributed by atoms with Crippen LogP contribution in [-0.2, 0) is 9.08 Å². The van der Waals surface area contributed by atoms with Crippen LogP contribution in [0.15, 0.2) is 121 Å². The fraction of sp³-hybridized carbons (Fsp3) is 0.212. The summed E-state index contributed by atoms with van der Waals surface area (Å²) < 4.78 is 13.1. The molecule has 4 aromatic rings. The second-order valence-corrected chi connectivity index (χ2v) is 15.5. The molecule has 198 valence electrons. The molecular formula is C33H35BO4Si. The maximum atomic E-state index is 11.1. The number of benzene rings is 4. The summed E-state index contributed by atoms with van der Waals surface area (Å²) in [6.07, 6.45) is 2.26. The van der Waals surface area contributed by atoms with Gasteiger partial charge in [0.2, 0.25) is 0 Å². The molecule has 1 heterocycles. The first-order valence-electron chi connectivity index (χ1n) is 13.4. The molecule has 0 amide bonds. The zero-order valence-corrected chi connectivity index (χ0v) is 23.8. The normalized spacial score (nSPS) is 16.3. The van der Waals surface area contributed by atoms with Gasteiger partial charge in [-0.3, -0.25) is 0 Å². The van der Waals surface area contributed by atoms with Crippen LogP contribution in [0.5, 0.6) is 5.75 Å². The summed E-state index contributed by atoms with van der Waals surface area (Å²) in [4.78, 5) is 0. The molecule has 0 saturated heterocycles. The van der Waals surface area contributed by atoms with Crippen molar-refractivity contribution >= 4 is 36.6 Å². The maximum Gasteiger partial charge on any atom is 0.491 e. The maximum absolute atomic E-state index is 11.1. The number of aromatic hydroxyl groups is 1. The molecule has 0 spiro atoms. The molecule has 0 fully saturated rings. The predicted octanol–water partition coefficient (Wildman–Crippen LogP) is 6.09. The van der Waals surface area contributed by atoms with Crippen molar-refractivity contribution in [3.05, 3.63) is 126 Å². The second-order valence-electron chi connectivity index (χ2n) is 11.1. The van der Waals surface area contributed by atoms with Gasteiger partial charge < -0.3 is 19.2 Å². The molecule has 0 aromatic heterocycles. The molecule has 1 aliphatic heterocycles. The predicted molar refractivity (Wildman–Crippen MR) is 163 cm³/mol. The van der Waals surface area contributed by atoms with Crippen molar-refractivity contribution in [1.29, 1.82) is 0 Å². The van der Waals surface area contributed by atoms with E-state index < -0.39 is 15.4 Å². The van der Waals surface area contributed by atoms with E-state index in [-0.39, 0.29) is 23.5 Å². The monoisotopic (exact) mass is 534 g/mol. The van der Waals surface area contributed by atoms with Crippen molar-refractivity contribution in [3.63, 3.8) is 0 Å². The van der Waals surface area contributed by atoms with Crippen molar-refractivity contribution in [3.8, 4) is 5.75 Å². The molecule has 2 N–H and O–H groups in total. The van der Waals surface area contributed by atoms with Crippen LogP contribution in [0.2, 0.25) is 5.04 Å². The minimum absolute atomic E-state index is 0.156. The number of hydrogen-bond donors (Lipinski definition) is 2. The molecule has 6 heteroatoms. The van der Waals surface area contributed by atoms with E-state index in [0.29, 0.717) is 17.5 Å². The molecule has 1 unspecified atom stereocenters. The Bertz CT molecular complexity index is 1460. The Balaban J connectivity index is 1.42. The van der Waals surface area contributed by atoms with E-state index in [2.05, 4.69) is 75.9 Å². The summed E-state index contributed by atoms with van der Waals surface area (Å²) in [5.74, 6) is 0.232. The topological polar surface area (TPSA) is 58.9 Å². The van der Waals surface area contributed by atoms with Crippen LogP contribution in [0.1, 0.15) is 38.9 Å². The average Bonchev–Trinajstić information content (AvgIpc) is 2.94. The molecule has 5 rings (SSSR count). The Kier molecular flexibility index (Phi) is 7.65. The highest BCUT2D eigenvalue weighted by atomic mass is 28.4. The van der Waals surface area contributed by atoms with Crippen molar-refractivity contribution in [2.45, 2.75) is 38.3 Å². The third-order valence-electron chi connectivity index (χ3n) is 7.68. The highest BCUT2D eigenvalue weighted by Crippen LogP contribution is 2.39. The van der Waals surface area contributed by atoms with Crippen LogP contribution >= 0.6 is 0 Å². The van der Waals surface area contributed by atoms with Gasteiger partial charge in [0.25, 0.3) is 8.32 Å². The van der Waals surface area contributed by atoms with Crippen LogP contribution in [0, 0.1) is 0 Å². The van der Waals surface area contributed by atoms with Gasteiger partial charge in [0.05, 0.1) is 12.7 Å². The molecule has 1 atom stereocenters. The number of phenols is 1. The Morgan fingerprint density at radius 1 is 0.897 bits per heavy atom. The lowest BCUT2D eigenvalue weighted by Crippen LogP contribution is -2.66. The molecule has 0 saturated carbocycles. The van der Waals surface area contributed by atoms with Crippen LogP contribution in [0.25, 0.3) is 10.8 Å². The van der Waals surface area contributed by atoms with Gasteiger partial charge >= 0.3 is 7.12 Å². The lowest BCUT2D eigenvalue weighted by atomic mass is 9.71. The minimum Gasteiger partial charge on any atom is -0.507 e. The van der Waals surface area contributed by atoms with Gasteiger partial charge in [0.15, 0.2) is 0 Å². The molecule has 4 aromatic carbocycles. The zero-order chi connectivity index (χ0) is 27.6. The summed E-state index contributed by atoms with van der Waals surface area (Å²) in [5, 5.41) is 25.3. The Labute approximate surface area is 232 Å². The Hall–Kier alpha value is -3.42. The van der Waals surface area contributed by atoms with Crippen molar-refractivity contribution < 1.29 is 19.2 Å². The van der Waals surface area contributed by atoms with Gasteiger partial charge in [-0.15, -0.1) is 0 Å². The lowest BCUT2D eigenvalue weighted by molar-refractivity contribution is 0.169. The molecule has 4 nitrogen and oxygen atoms in total. The number of phenolic OH excluding ortho intramolecular Hbond substituents is 1. The third kappa shape index (κ3) is 5.13. The van der Waals surface area contributed by atoms with E-state index >= 15 is 0 Å². The molecule has 0 aliphatic carbocycles. The van der Waals surface area contributed by atoms with Gasteiger partial charge in [0.1, 0.15) is 5.75 Å². The van der Waals surface area contributed by atoms with Gasteiger partial charge in [-0.25, -0.2) is 0 Å². The summed E-state index contributed by atoms with van der Waals surface area (Å²) in [6, 6.07) is 32.2. The Morgan fingerprint density at radius 3 is 2.03 bits per heavy atom. The Morgan fingerprint density at radius 2 is 1.46 bits per heavy atom. The standard InChI is InChI=1S/C33H35BO4Si/c1-24(23-37-39(33(2,3)4,25-13-7-5-8-14-25)26-15-9-6-10-16-26)30-20-22-32(38-34(30)36)29-19-21-31(35)28-18-12-11-17-27(28)29/h5-21,32,35-36H,1,22-23H2,2-4H3. The zero-order valence-electron chi connectivity index (χ0n) is 22.8. The molecule has 0 bridgehead atoms. The van der Waals surface area contributed by atoms with Crippen LogP contribution in [0.3, 0.4) is 0 Å². The van der Waals surface area contributed by atoms with E-state index in [4.69, 9.17) is 9.08 Å². The van der Waals surface area contributed by atoms with E-state index in [1.54, 1.807) is 6.07 Å². The van der Waals surface area contributed by atoms with Crippen molar-refractivity contribution in [2.75, 3.05) is 6.61 Å². The first-order chi connectivity index (χ1) is 18.7. The summed E-state index contributed by atoms with van der Waals surface area (Å²) in [6.45, 7) is 11.3. The van der Waals surface area contributed by atoms with Gasteiger partial charge in [-0.05, 0) is 49.9 Å². The van der Waals surface area contributed by atoms with Gasteiger partial charge in [0, 0.05) is 5.39 Å². The summed E-state index contributed by atoms with van der Waals surface area (Å²) in [5.41, 5.74) is 2.31. The van der Waals surface area contributed by atoms with E-state index in [1.807, 2.05) is 48.5 Å². The second kappa shape index (κ2) is 11.0. The fourth-order valence-corrected chi connectivity index (χ4v) is 10.3. The summed E-state index contributed by atoms with van der Waals surface area (Å²) in [7, 11) is -3.85. The smallest absolute Gasteiger partial charge is 0.491 e. The molecular weight excluding hydrogens is 499 g/mol. The highest BCUT2D eigenvalue weighted by molar-refractivity contribution is 6.99. The van der Waals surface area contributed by atoms with Crippen molar-refractivity contribution in [2.24, 2.45) is 0 Å². The van der Waals surface area contributed by atoms with Crippen LogP contribution in [-0.4, -0.2) is 32.2 Å². The van der Waals surface area contributed by atoms with Crippen molar-refractivity contribution in [1.82, 2.24) is 0 Å². The number of hydrogen-bond acceptors (Lipinski definition) is 4. The highest BCUT2D eigenvalue weighted by Gasteiger charge is 2.50. The minimum atomic E-state index is -2.73. The summed E-state index contributed by atoms with van der Waals surface area (Å²) >= 11 is 0. The largest absolute Gasteiger partial charge is 0.507 e. The first-order valence-corrected chi connectivity index (χ1v) is 15.3. The van der Waals surface area contributed by atoms with E-state index in [9.17, 15) is 10.1 Å². The molecule has 1 aliphatic rings. The van der Waals surface area contributed by atoms with E-state index in [0.717, 1.165) is 16.3 Å².